The van der Waals surface area contributed by atoms with E-state index < -0.39 is 11.7 Å². The summed E-state index contributed by atoms with van der Waals surface area (Å²) in [6.45, 7) is 5.35. The van der Waals surface area contributed by atoms with Crippen LogP contribution in [0.15, 0.2) is 45.6 Å². The van der Waals surface area contributed by atoms with E-state index in [1.54, 1.807) is 19.1 Å². The van der Waals surface area contributed by atoms with Gasteiger partial charge in [0.05, 0.1) is 6.10 Å². The van der Waals surface area contributed by atoms with E-state index in [4.69, 9.17) is 4.42 Å². The van der Waals surface area contributed by atoms with Gasteiger partial charge in [-0.2, -0.15) is 0 Å². The molecule has 0 radical (unpaired) electrons. The van der Waals surface area contributed by atoms with Gasteiger partial charge in [0.1, 0.15) is 11.3 Å². The highest BCUT2D eigenvalue weighted by molar-refractivity contribution is 5.82. The van der Waals surface area contributed by atoms with Crippen LogP contribution in [0.25, 0.3) is 11.0 Å². The first-order valence-electron chi connectivity index (χ1n) is 5.57. The summed E-state index contributed by atoms with van der Waals surface area (Å²) in [5.74, 6) is -0.00264. The fourth-order valence-electron chi connectivity index (χ4n) is 1.74. The molecule has 0 amide bonds. The van der Waals surface area contributed by atoms with Crippen molar-refractivity contribution in [3.8, 4) is 5.75 Å². The Kier molecular flexibility index (Phi) is 3.21. The number of aliphatic hydroxyl groups is 1. The summed E-state index contributed by atoms with van der Waals surface area (Å²) in [7, 11) is 0. The number of hydrogen-bond acceptors (Lipinski definition) is 4. The van der Waals surface area contributed by atoms with Crippen LogP contribution in [-0.2, 0) is 6.42 Å². The Morgan fingerprint density at radius 1 is 1.39 bits per heavy atom. The van der Waals surface area contributed by atoms with Gasteiger partial charge >= 0.3 is 5.63 Å². The normalized spacial score (nSPS) is 12.6. The van der Waals surface area contributed by atoms with Crippen LogP contribution >= 0.6 is 0 Å². The summed E-state index contributed by atoms with van der Waals surface area (Å²) in [6, 6.07) is 6.11. The first kappa shape index (κ1) is 12.4. The molecule has 1 heterocycles. The molecule has 0 saturated heterocycles. The number of hydrogen-bond donors (Lipinski definition) is 2. The van der Waals surface area contributed by atoms with E-state index in [0.29, 0.717) is 22.1 Å². The quantitative estimate of drug-likeness (QED) is 0.641. The van der Waals surface area contributed by atoms with Crippen LogP contribution in [0.3, 0.4) is 0 Å². The summed E-state index contributed by atoms with van der Waals surface area (Å²) in [6.07, 6.45) is -0.627. The molecule has 0 fully saturated rings. The van der Waals surface area contributed by atoms with Crippen molar-refractivity contribution in [2.75, 3.05) is 0 Å². The fourth-order valence-corrected chi connectivity index (χ4v) is 1.74. The number of aromatic hydroxyl groups is 1. The molecule has 4 nitrogen and oxygen atoms in total. The summed E-state index contributed by atoms with van der Waals surface area (Å²) >= 11 is 0. The zero-order valence-electron chi connectivity index (χ0n) is 10.0. The standard InChI is InChI=1S/C14H14O4/c1-8(2)12(16)7-10-11(15)5-3-9-4-6-13(17)18-14(9)10/h3-6,12,15-16H,1,7H2,2H3. The number of aliphatic hydroxyl groups excluding tert-OH is 1. The van der Waals surface area contributed by atoms with Crippen molar-refractivity contribution in [3.05, 3.63) is 52.4 Å². The van der Waals surface area contributed by atoms with Crippen LogP contribution in [0.1, 0.15) is 12.5 Å². The Hall–Kier alpha value is -2.07. The average molecular weight is 246 g/mol. The van der Waals surface area contributed by atoms with Crippen LogP contribution in [0.5, 0.6) is 5.75 Å². The minimum Gasteiger partial charge on any atom is -0.508 e. The van der Waals surface area contributed by atoms with E-state index in [1.807, 2.05) is 0 Å². The first-order valence-corrected chi connectivity index (χ1v) is 5.57. The Labute approximate surface area is 104 Å². The second-order valence-corrected chi connectivity index (χ2v) is 4.30. The van der Waals surface area contributed by atoms with Crippen molar-refractivity contribution >= 4 is 11.0 Å². The minimum atomic E-state index is -0.785. The van der Waals surface area contributed by atoms with Crippen LogP contribution in [0.2, 0.25) is 0 Å². The molecular weight excluding hydrogens is 232 g/mol. The van der Waals surface area contributed by atoms with Crippen molar-refractivity contribution in [3.63, 3.8) is 0 Å². The van der Waals surface area contributed by atoms with Gasteiger partial charge in [0, 0.05) is 23.4 Å². The second kappa shape index (κ2) is 4.66. The number of phenolic OH excluding ortho intramolecular Hbond substituents is 1. The zero-order chi connectivity index (χ0) is 13.3. The van der Waals surface area contributed by atoms with Gasteiger partial charge in [-0.3, -0.25) is 0 Å². The predicted molar refractivity (Wildman–Crippen MR) is 68.7 cm³/mol. The lowest BCUT2D eigenvalue weighted by Crippen LogP contribution is -2.12. The largest absolute Gasteiger partial charge is 0.508 e. The summed E-state index contributed by atoms with van der Waals surface area (Å²) in [5.41, 5.74) is 0.826. The minimum absolute atomic E-state index is 0.00264. The molecular formula is C14H14O4. The van der Waals surface area contributed by atoms with Gasteiger partial charge in [-0.15, -0.1) is 0 Å². The van der Waals surface area contributed by atoms with Crippen molar-refractivity contribution in [2.24, 2.45) is 0 Å². The maximum absolute atomic E-state index is 11.2. The first-order chi connectivity index (χ1) is 8.49. The third kappa shape index (κ3) is 2.28. The zero-order valence-corrected chi connectivity index (χ0v) is 10.0. The molecule has 1 aromatic heterocycles. The average Bonchev–Trinajstić information content (AvgIpc) is 2.32. The third-order valence-corrected chi connectivity index (χ3v) is 2.83. The molecule has 1 unspecified atom stereocenters. The lowest BCUT2D eigenvalue weighted by molar-refractivity contribution is 0.210. The molecule has 2 aromatic rings. The molecule has 2 N–H and O–H groups in total. The van der Waals surface area contributed by atoms with Crippen LogP contribution < -0.4 is 5.63 Å². The maximum Gasteiger partial charge on any atom is 0.336 e. The molecule has 0 bridgehead atoms. The second-order valence-electron chi connectivity index (χ2n) is 4.30. The molecule has 4 heteroatoms. The van der Waals surface area contributed by atoms with Crippen molar-refractivity contribution in [2.45, 2.75) is 19.4 Å². The molecule has 94 valence electrons. The van der Waals surface area contributed by atoms with Crippen molar-refractivity contribution < 1.29 is 14.6 Å². The van der Waals surface area contributed by atoms with E-state index in [1.165, 1.54) is 12.1 Å². The number of fused-ring (bicyclic) bond motifs is 1. The van der Waals surface area contributed by atoms with Crippen LogP contribution in [0, 0.1) is 0 Å². The van der Waals surface area contributed by atoms with E-state index >= 15 is 0 Å². The summed E-state index contributed by atoms with van der Waals surface area (Å²) < 4.78 is 5.10. The fraction of sp³-hybridized carbons (Fsp3) is 0.214. The molecule has 0 aliphatic rings. The van der Waals surface area contributed by atoms with Gasteiger partial charge < -0.3 is 14.6 Å². The monoisotopic (exact) mass is 246 g/mol. The molecule has 1 atom stereocenters. The van der Waals surface area contributed by atoms with Gasteiger partial charge in [-0.1, -0.05) is 12.2 Å². The Bertz CT molecular complexity index is 654. The van der Waals surface area contributed by atoms with Crippen LogP contribution in [-0.4, -0.2) is 16.3 Å². The van der Waals surface area contributed by atoms with Gasteiger partial charge in [-0.25, -0.2) is 4.79 Å². The summed E-state index contributed by atoms with van der Waals surface area (Å²) in [4.78, 5) is 11.2. The molecule has 0 aliphatic heterocycles. The van der Waals surface area contributed by atoms with E-state index in [-0.39, 0.29) is 12.2 Å². The van der Waals surface area contributed by atoms with Crippen molar-refractivity contribution in [1.29, 1.82) is 0 Å². The van der Waals surface area contributed by atoms with Gasteiger partial charge in [0.15, 0.2) is 0 Å². The Morgan fingerprint density at radius 2 is 2.06 bits per heavy atom. The molecule has 2 rings (SSSR count). The molecule has 1 aromatic carbocycles. The predicted octanol–water partition coefficient (Wildman–Crippen LogP) is 1.98. The smallest absolute Gasteiger partial charge is 0.336 e. The SMILES string of the molecule is C=C(C)C(O)Cc1c(O)ccc2ccc(=O)oc12. The van der Waals surface area contributed by atoms with Crippen LogP contribution in [0.4, 0.5) is 0 Å². The molecule has 0 saturated carbocycles. The highest BCUT2D eigenvalue weighted by atomic mass is 16.4. The molecule has 18 heavy (non-hydrogen) atoms. The van der Waals surface area contributed by atoms with Gasteiger partial charge in [-0.05, 0) is 25.1 Å². The highest BCUT2D eigenvalue weighted by Gasteiger charge is 2.15. The number of rotatable bonds is 3. The topological polar surface area (TPSA) is 70.7 Å². The van der Waals surface area contributed by atoms with E-state index in [9.17, 15) is 15.0 Å². The number of benzene rings is 1. The van der Waals surface area contributed by atoms with Gasteiger partial charge in [0.25, 0.3) is 0 Å². The lowest BCUT2D eigenvalue weighted by atomic mass is 10.0. The summed E-state index contributed by atoms with van der Waals surface area (Å²) in [5, 5.41) is 20.3. The molecule has 0 spiro atoms. The van der Waals surface area contributed by atoms with E-state index in [2.05, 4.69) is 6.58 Å². The highest BCUT2D eigenvalue weighted by Crippen LogP contribution is 2.28. The maximum atomic E-state index is 11.2. The van der Waals surface area contributed by atoms with Crippen molar-refractivity contribution in [1.82, 2.24) is 0 Å². The lowest BCUT2D eigenvalue weighted by Gasteiger charge is -2.12. The Balaban J connectivity index is 2.60. The third-order valence-electron chi connectivity index (χ3n) is 2.83. The molecule has 0 aliphatic carbocycles. The number of phenols is 1. The Morgan fingerprint density at radius 3 is 2.72 bits per heavy atom. The van der Waals surface area contributed by atoms with Gasteiger partial charge in [0.2, 0.25) is 0 Å². The van der Waals surface area contributed by atoms with E-state index in [0.717, 1.165) is 0 Å².